The van der Waals surface area contributed by atoms with Gasteiger partial charge in [-0.3, -0.25) is 9.78 Å². The second kappa shape index (κ2) is 8.03. The van der Waals surface area contributed by atoms with Crippen molar-refractivity contribution in [2.45, 2.75) is 19.7 Å². The molecular weight excluding hydrogens is 308 g/mol. The average Bonchev–Trinajstić information content (AvgIpc) is 2.94. The maximum atomic E-state index is 12.2. The van der Waals surface area contributed by atoms with Crippen LogP contribution in [0, 0.1) is 5.92 Å². The summed E-state index contributed by atoms with van der Waals surface area (Å²) in [4.78, 5) is 22.3. The Morgan fingerprint density at radius 1 is 1.29 bits per heavy atom. The third-order valence-electron chi connectivity index (χ3n) is 4.08. The number of ether oxygens (including phenoxy) is 2. The molecule has 3 rings (SSSR count). The fraction of sp³-hybridized carbons (Fsp3) is 0.471. The summed E-state index contributed by atoms with van der Waals surface area (Å²) in [6.45, 7) is 3.23. The van der Waals surface area contributed by atoms with Gasteiger partial charge in [0.1, 0.15) is 6.61 Å². The normalized spacial score (nSPS) is 17.4. The molecule has 1 aliphatic rings. The average molecular weight is 330 g/mol. The van der Waals surface area contributed by atoms with E-state index in [9.17, 15) is 4.79 Å². The predicted octanol–water partition coefficient (Wildman–Crippen LogP) is 1.10. The van der Waals surface area contributed by atoms with Crippen LogP contribution in [-0.4, -0.2) is 52.2 Å². The van der Waals surface area contributed by atoms with Crippen molar-refractivity contribution in [1.82, 2.24) is 19.4 Å². The Balaban J connectivity index is 1.62. The van der Waals surface area contributed by atoms with Gasteiger partial charge in [0, 0.05) is 44.7 Å². The molecule has 128 valence electrons. The predicted molar refractivity (Wildman–Crippen MR) is 86.9 cm³/mol. The van der Waals surface area contributed by atoms with Crippen LogP contribution in [0.3, 0.4) is 0 Å². The van der Waals surface area contributed by atoms with Gasteiger partial charge in [0.15, 0.2) is 0 Å². The molecule has 3 heterocycles. The second-order valence-electron chi connectivity index (χ2n) is 5.98. The summed E-state index contributed by atoms with van der Waals surface area (Å²) >= 11 is 0. The number of hydrogen-bond donors (Lipinski definition) is 0. The van der Waals surface area contributed by atoms with E-state index in [1.165, 1.54) is 7.11 Å². The Labute approximate surface area is 141 Å². The molecule has 1 aliphatic heterocycles. The number of amides is 1. The number of methoxy groups -OCH3 is 1. The van der Waals surface area contributed by atoms with Crippen molar-refractivity contribution >= 4 is 5.91 Å². The Morgan fingerprint density at radius 3 is 2.92 bits per heavy atom. The van der Waals surface area contributed by atoms with Gasteiger partial charge in [-0.25, -0.2) is 4.98 Å². The zero-order valence-electron chi connectivity index (χ0n) is 13.8. The molecule has 2 aromatic rings. The fourth-order valence-electron chi connectivity index (χ4n) is 2.88. The number of pyridine rings is 1. The fourth-order valence-corrected chi connectivity index (χ4v) is 2.88. The molecular formula is C17H22N4O3. The number of rotatable bonds is 6. The van der Waals surface area contributed by atoms with Gasteiger partial charge >= 0.3 is 0 Å². The summed E-state index contributed by atoms with van der Waals surface area (Å²) in [6, 6.07) is 3.88. The summed E-state index contributed by atoms with van der Waals surface area (Å²) in [5.41, 5.74) is 2.13. The van der Waals surface area contributed by atoms with Gasteiger partial charge in [0.05, 0.1) is 31.8 Å². The minimum Gasteiger partial charge on any atom is -0.376 e. The molecule has 1 unspecified atom stereocenters. The van der Waals surface area contributed by atoms with E-state index in [0.29, 0.717) is 26.3 Å². The van der Waals surface area contributed by atoms with Gasteiger partial charge in [-0.1, -0.05) is 0 Å². The molecule has 1 atom stereocenters. The monoisotopic (exact) mass is 330 g/mol. The van der Waals surface area contributed by atoms with Crippen molar-refractivity contribution in [3.05, 3.63) is 48.3 Å². The molecule has 0 N–H and O–H groups in total. The van der Waals surface area contributed by atoms with Gasteiger partial charge < -0.3 is 18.9 Å². The number of fused-ring (bicyclic) bond motifs is 1. The lowest BCUT2D eigenvalue weighted by Gasteiger charge is -2.24. The second-order valence-corrected chi connectivity index (χ2v) is 5.98. The minimum atomic E-state index is -0.00807. The lowest BCUT2D eigenvalue weighted by atomic mass is 10.1. The van der Waals surface area contributed by atoms with Crippen LogP contribution in [0.5, 0.6) is 0 Å². The number of carbonyl (C=O) groups is 1. The van der Waals surface area contributed by atoms with E-state index >= 15 is 0 Å². The van der Waals surface area contributed by atoms with Crippen molar-refractivity contribution in [2.75, 3.05) is 26.9 Å². The van der Waals surface area contributed by atoms with Gasteiger partial charge in [-0.05, 0) is 17.7 Å². The lowest BCUT2D eigenvalue weighted by molar-refractivity contribution is -0.136. The molecule has 0 aromatic carbocycles. The van der Waals surface area contributed by atoms with Crippen molar-refractivity contribution in [3.8, 4) is 0 Å². The van der Waals surface area contributed by atoms with Crippen LogP contribution in [0.1, 0.15) is 11.3 Å². The van der Waals surface area contributed by atoms with E-state index < -0.39 is 0 Å². The number of hydrogen-bond acceptors (Lipinski definition) is 5. The van der Waals surface area contributed by atoms with Crippen LogP contribution in [0.4, 0.5) is 0 Å². The summed E-state index contributed by atoms with van der Waals surface area (Å²) in [5, 5.41) is 0. The minimum absolute atomic E-state index is 0.00807. The van der Waals surface area contributed by atoms with Crippen LogP contribution in [0.25, 0.3) is 0 Å². The maximum absolute atomic E-state index is 12.2. The van der Waals surface area contributed by atoms with E-state index in [1.54, 1.807) is 12.4 Å². The first kappa shape index (κ1) is 16.6. The quantitative estimate of drug-likeness (QED) is 0.793. The summed E-state index contributed by atoms with van der Waals surface area (Å²) in [7, 11) is 1.54. The number of imidazole rings is 1. The molecule has 0 fully saturated rings. The third kappa shape index (κ3) is 4.18. The van der Waals surface area contributed by atoms with Gasteiger partial charge in [0.25, 0.3) is 0 Å². The first-order valence-corrected chi connectivity index (χ1v) is 7.98. The number of aromatic nitrogens is 3. The van der Waals surface area contributed by atoms with Crippen LogP contribution in [0.15, 0.2) is 37.1 Å². The van der Waals surface area contributed by atoms with Crippen molar-refractivity contribution in [3.63, 3.8) is 0 Å². The Bertz CT molecular complexity index is 659. The van der Waals surface area contributed by atoms with Crippen LogP contribution in [-0.2, 0) is 34.0 Å². The first-order valence-electron chi connectivity index (χ1n) is 7.98. The summed E-state index contributed by atoms with van der Waals surface area (Å²) in [5.74, 6) is 0.203. The number of carbonyl (C=O) groups excluding carboxylic acids is 1. The molecule has 7 heteroatoms. The molecule has 0 saturated heterocycles. The van der Waals surface area contributed by atoms with Gasteiger partial charge in [-0.15, -0.1) is 0 Å². The Hall–Kier alpha value is -2.25. The van der Waals surface area contributed by atoms with E-state index in [1.807, 2.05) is 29.6 Å². The Morgan fingerprint density at radius 2 is 2.12 bits per heavy atom. The smallest absolute Gasteiger partial charge is 0.248 e. The Kier molecular flexibility index (Phi) is 5.55. The van der Waals surface area contributed by atoms with Crippen LogP contribution < -0.4 is 0 Å². The van der Waals surface area contributed by atoms with Gasteiger partial charge in [-0.2, -0.15) is 0 Å². The third-order valence-corrected chi connectivity index (χ3v) is 4.08. The summed E-state index contributed by atoms with van der Waals surface area (Å²) in [6.07, 6.45) is 7.14. The highest BCUT2D eigenvalue weighted by Crippen LogP contribution is 2.17. The van der Waals surface area contributed by atoms with Crippen LogP contribution >= 0.6 is 0 Å². The van der Waals surface area contributed by atoms with E-state index in [2.05, 4.69) is 14.5 Å². The molecule has 2 aromatic heterocycles. The van der Waals surface area contributed by atoms with Crippen molar-refractivity contribution in [1.29, 1.82) is 0 Å². The highest BCUT2D eigenvalue weighted by Gasteiger charge is 2.25. The number of nitrogens with zero attached hydrogens (tertiary/aromatic N) is 4. The lowest BCUT2D eigenvalue weighted by Crippen LogP contribution is -2.37. The SMILES string of the molecule is COCC(=O)N1Cc2cncn2CC(COCc2ccncc2)C1. The first-order chi connectivity index (χ1) is 11.8. The van der Waals surface area contributed by atoms with Gasteiger partial charge in [0.2, 0.25) is 5.91 Å². The standard InChI is InChI=1S/C17H22N4O3/c1-23-12-17(22)20-7-15(8-21-13-19-6-16(21)9-20)11-24-10-14-2-4-18-5-3-14/h2-6,13,15H,7-12H2,1H3. The van der Waals surface area contributed by atoms with Crippen molar-refractivity contribution in [2.24, 2.45) is 5.92 Å². The zero-order chi connectivity index (χ0) is 16.8. The molecule has 0 aliphatic carbocycles. The zero-order valence-corrected chi connectivity index (χ0v) is 13.8. The van der Waals surface area contributed by atoms with E-state index in [-0.39, 0.29) is 18.4 Å². The molecule has 0 bridgehead atoms. The summed E-state index contributed by atoms with van der Waals surface area (Å²) < 4.78 is 13.0. The highest BCUT2D eigenvalue weighted by molar-refractivity contribution is 5.77. The molecule has 1 amide bonds. The molecule has 24 heavy (non-hydrogen) atoms. The van der Waals surface area contributed by atoms with Crippen LogP contribution in [0.2, 0.25) is 0 Å². The topological polar surface area (TPSA) is 69.5 Å². The molecule has 0 radical (unpaired) electrons. The highest BCUT2D eigenvalue weighted by atomic mass is 16.5. The molecule has 7 nitrogen and oxygen atoms in total. The van der Waals surface area contributed by atoms with E-state index in [4.69, 9.17) is 9.47 Å². The molecule has 0 saturated carbocycles. The maximum Gasteiger partial charge on any atom is 0.248 e. The van der Waals surface area contributed by atoms with Crippen molar-refractivity contribution < 1.29 is 14.3 Å². The van der Waals surface area contributed by atoms with E-state index in [0.717, 1.165) is 17.8 Å². The largest absolute Gasteiger partial charge is 0.376 e. The molecule has 0 spiro atoms.